The van der Waals surface area contributed by atoms with Gasteiger partial charge in [-0.1, -0.05) is 53.9 Å². The first-order chi connectivity index (χ1) is 20.2. The quantitative estimate of drug-likeness (QED) is 0.238. The first-order valence-corrected chi connectivity index (χ1v) is 16.2. The van der Waals surface area contributed by atoms with Gasteiger partial charge in [0.15, 0.2) is 0 Å². The van der Waals surface area contributed by atoms with Crippen LogP contribution in [0.25, 0.3) is 0 Å². The van der Waals surface area contributed by atoms with Gasteiger partial charge in [0.1, 0.15) is 18.3 Å². The van der Waals surface area contributed by atoms with Crippen molar-refractivity contribution in [2.75, 3.05) is 17.5 Å². The summed E-state index contributed by atoms with van der Waals surface area (Å²) in [4.78, 5) is 29.1. The van der Waals surface area contributed by atoms with E-state index in [2.05, 4.69) is 5.32 Å². The summed E-state index contributed by atoms with van der Waals surface area (Å²) in [5.74, 6) is -0.442. The van der Waals surface area contributed by atoms with Crippen LogP contribution in [0.4, 0.5) is 5.69 Å². The summed E-state index contributed by atoms with van der Waals surface area (Å²) in [6, 6.07) is 16.9. The number of rotatable bonds is 12. The van der Waals surface area contributed by atoms with Crippen molar-refractivity contribution < 1.29 is 22.7 Å². The molecule has 0 aliphatic heterocycles. The van der Waals surface area contributed by atoms with Gasteiger partial charge >= 0.3 is 0 Å². The molecule has 0 aliphatic carbocycles. The Morgan fingerprint density at radius 2 is 1.51 bits per heavy atom. The third-order valence-corrected chi connectivity index (χ3v) is 9.09. The van der Waals surface area contributed by atoms with Crippen LogP contribution in [0, 0.1) is 6.92 Å². The van der Waals surface area contributed by atoms with E-state index in [1.54, 1.807) is 61.5 Å². The largest absolute Gasteiger partial charge is 0.494 e. The Hall–Kier alpha value is -3.27. The Morgan fingerprint density at radius 1 is 0.930 bits per heavy atom. The zero-order valence-electron chi connectivity index (χ0n) is 25.4. The molecule has 0 radical (unpaired) electrons. The average molecular weight is 649 g/mol. The number of ether oxygens (including phenoxy) is 1. The Morgan fingerprint density at radius 3 is 2.02 bits per heavy atom. The first kappa shape index (κ1) is 34.2. The van der Waals surface area contributed by atoms with Gasteiger partial charge in [-0.05, 0) is 89.6 Å². The van der Waals surface area contributed by atoms with Crippen LogP contribution in [0.5, 0.6) is 5.75 Å². The second kappa shape index (κ2) is 14.5. The van der Waals surface area contributed by atoms with Crippen molar-refractivity contribution in [3.05, 3.63) is 87.9 Å². The average Bonchev–Trinajstić information content (AvgIpc) is 2.93. The molecule has 0 saturated heterocycles. The van der Waals surface area contributed by atoms with Gasteiger partial charge in [0.05, 0.1) is 17.2 Å². The Balaban J connectivity index is 2.10. The molecule has 0 heterocycles. The number of amides is 2. The number of sulfonamides is 1. The number of aryl methyl sites for hydroxylation is 1. The standard InChI is InChI=1S/C32H39Cl2N3O5S/c1-7-29(31(39)35-32(4,5)6)36(20-26-27(33)10-9-11-28(26)34)30(38)21-37(23-14-12-22(3)13-15-23)43(40,41)25-18-16-24(17-19-25)42-8-2/h9-19,29H,7-8,20-21H2,1-6H3,(H,35,39)/t29-/m0/s1. The van der Waals surface area contributed by atoms with E-state index >= 15 is 0 Å². The summed E-state index contributed by atoms with van der Waals surface area (Å²) in [5, 5.41) is 3.60. The highest BCUT2D eigenvalue weighted by Gasteiger charge is 2.35. The number of nitrogens with one attached hydrogen (secondary N) is 1. The molecule has 3 aromatic rings. The summed E-state index contributed by atoms with van der Waals surface area (Å²) >= 11 is 13.0. The van der Waals surface area contributed by atoms with Gasteiger partial charge in [0.25, 0.3) is 10.0 Å². The summed E-state index contributed by atoms with van der Waals surface area (Å²) < 4.78 is 34.7. The second-order valence-electron chi connectivity index (χ2n) is 11.1. The van der Waals surface area contributed by atoms with Gasteiger partial charge in [-0.3, -0.25) is 13.9 Å². The lowest BCUT2D eigenvalue weighted by molar-refractivity contribution is -0.141. The van der Waals surface area contributed by atoms with Gasteiger partial charge in [0.2, 0.25) is 11.8 Å². The smallest absolute Gasteiger partial charge is 0.264 e. The van der Waals surface area contributed by atoms with Gasteiger partial charge in [0, 0.05) is 27.7 Å². The lowest BCUT2D eigenvalue weighted by atomic mass is 10.1. The SMILES string of the molecule is CCOc1ccc(S(=O)(=O)N(CC(=O)N(Cc2c(Cl)cccc2Cl)[C@@H](CC)C(=O)NC(C)(C)C)c2ccc(C)cc2)cc1. The van der Waals surface area contributed by atoms with E-state index in [9.17, 15) is 18.0 Å². The molecule has 0 fully saturated rings. The van der Waals surface area contributed by atoms with Gasteiger partial charge in [-0.15, -0.1) is 0 Å². The number of carbonyl (C=O) groups is 2. The molecule has 1 atom stereocenters. The molecule has 3 rings (SSSR count). The van der Waals surface area contributed by atoms with Crippen LogP contribution in [0.15, 0.2) is 71.6 Å². The topological polar surface area (TPSA) is 96.0 Å². The third-order valence-electron chi connectivity index (χ3n) is 6.60. The van der Waals surface area contributed by atoms with Crippen LogP contribution in [0.1, 0.15) is 52.2 Å². The summed E-state index contributed by atoms with van der Waals surface area (Å²) in [5.41, 5.74) is 1.12. The fourth-order valence-corrected chi connectivity index (χ4v) is 6.40. The molecule has 2 amide bonds. The predicted molar refractivity (Wildman–Crippen MR) is 172 cm³/mol. The maximum absolute atomic E-state index is 14.2. The van der Waals surface area contributed by atoms with Crippen LogP contribution >= 0.6 is 23.2 Å². The van der Waals surface area contributed by atoms with Crippen molar-refractivity contribution in [2.45, 2.75) is 71.0 Å². The second-order valence-corrected chi connectivity index (χ2v) is 13.8. The summed E-state index contributed by atoms with van der Waals surface area (Å²) in [7, 11) is -4.22. The lowest BCUT2D eigenvalue weighted by Gasteiger charge is -2.35. The van der Waals surface area contributed by atoms with Crippen LogP contribution < -0.4 is 14.4 Å². The molecule has 43 heavy (non-hydrogen) atoms. The summed E-state index contributed by atoms with van der Waals surface area (Å²) in [6.45, 7) is 10.8. The minimum absolute atomic E-state index is 0.0115. The highest BCUT2D eigenvalue weighted by molar-refractivity contribution is 7.92. The maximum atomic E-state index is 14.2. The van der Waals surface area contributed by atoms with Crippen LogP contribution in [0.3, 0.4) is 0 Å². The van der Waals surface area contributed by atoms with Gasteiger partial charge in [-0.2, -0.15) is 0 Å². The normalized spacial score (nSPS) is 12.4. The number of nitrogens with zero attached hydrogens (tertiary/aromatic N) is 2. The Labute approximate surface area is 265 Å². The van der Waals surface area contributed by atoms with Crippen molar-refractivity contribution in [2.24, 2.45) is 0 Å². The van der Waals surface area contributed by atoms with Crippen LogP contribution in [-0.2, 0) is 26.2 Å². The minimum atomic E-state index is -4.22. The lowest BCUT2D eigenvalue weighted by Crippen LogP contribution is -2.55. The first-order valence-electron chi connectivity index (χ1n) is 14.0. The number of halogens is 2. The zero-order chi connectivity index (χ0) is 31.9. The van der Waals surface area contributed by atoms with E-state index in [0.29, 0.717) is 33.7 Å². The maximum Gasteiger partial charge on any atom is 0.264 e. The van der Waals surface area contributed by atoms with Crippen molar-refractivity contribution >= 4 is 50.7 Å². The Bertz CT molecular complexity index is 1500. The molecule has 0 spiro atoms. The predicted octanol–water partition coefficient (Wildman–Crippen LogP) is 6.62. The molecule has 8 nitrogen and oxygen atoms in total. The molecule has 0 aliphatic rings. The van der Waals surface area contributed by atoms with Crippen molar-refractivity contribution in [3.63, 3.8) is 0 Å². The number of carbonyl (C=O) groups excluding carboxylic acids is 2. The van der Waals surface area contributed by atoms with E-state index in [1.807, 2.05) is 34.6 Å². The molecule has 0 bridgehead atoms. The molecule has 232 valence electrons. The van der Waals surface area contributed by atoms with E-state index in [4.69, 9.17) is 27.9 Å². The van der Waals surface area contributed by atoms with E-state index in [0.717, 1.165) is 9.87 Å². The number of hydrogen-bond acceptors (Lipinski definition) is 5. The zero-order valence-corrected chi connectivity index (χ0v) is 27.7. The fraction of sp³-hybridized carbons (Fsp3) is 0.375. The van der Waals surface area contributed by atoms with Crippen molar-refractivity contribution in [1.82, 2.24) is 10.2 Å². The van der Waals surface area contributed by atoms with Gasteiger partial charge < -0.3 is 15.0 Å². The van der Waals surface area contributed by atoms with Gasteiger partial charge in [-0.25, -0.2) is 8.42 Å². The van der Waals surface area contributed by atoms with E-state index in [1.165, 1.54) is 17.0 Å². The number of anilines is 1. The molecule has 0 saturated carbocycles. The molecule has 3 aromatic carbocycles. The minimum Gasteiger partial charge on any atom is -0.494 e. The number of hydrogen-bond donors (Lipinski definition) is 1. The fourth-order valence-electron chi connectivity index (χ4n) is 4.47. The highest BCUT2D eigenvalue weighted by Crippen LogP contribution is 2.29. The van der Waals surface area contributed by atoms with Crippen LogP contribution in [0.2, 0.25) is 10.0 Å². The Kier molecular flexibility index (Phi) is 11.5. The molecule has 0 aromatic heterocycles. The van der Waals surface area contributed by atoms with Crippen molar-refractivity contribution in [3.8, 4) is 5.75 Å². The number of benzene rings is 3. The van der Waals surface area contributed by atoms with E-state index < -0.39 is 34.1 Å². The molecular weight excluding hydrogens is 609 g/mol. The monoisotopic (exact) mass is 647 g/mol. The van der Waals surface area contributed by atoms with Crippen molar-refractivity contribution in [1.29, 1.82) is 0 Å². The summed E-state index contributed by atoms with van der Waals surface area (Å²) in [6.07, 6.45) is 0.270. The highest BCUT2D eigenvalue weighted by atomic mass is 35.5. The molecule has 1 N–H and O–H groups in total. The third kappa shape index (κ3) is 8.87. The van der Waals surface area contributed by atoms with E-state index in [-0.39, 0.29) is 23.8 Å². The van der Waals surface area contributed by atoms with Crippen LogP contribution in [-0.4, -0.2) is 49.9 Å². The molecule has 0 unspecified atom stereocenters. The molecular formula is C32H39Cl2N3O5S. The molecule has 11 heteroatoms.